The molecule has 28 aliphatic carbocycles. The van der Waals surface area contributed by atoms with E-state index in [2.05, 4.69) is 127 Å². The highest BCUT2D eigenvalue weighted by molar-refractivity contribution is 5.86. The fourth-order valence-corrected chi connectivity index (χ4v) is 39.2. The van der Waals surface area contributed by atoms with Crippen LogP contribution < -0.4 is 35.9 Å². The van der Waals surface area contributed by atoms with Gasteiger partial charge >= 0.3 is 18.3 Å². The van der Waals surface area contributed by atoms with Crippen molar-refractivity contribution in [1.29, 1.82) is 5.26 Å². The third-order valence-electron chi connectivity index (χ3n) is 43.6. The van der Waals surface area contributed by atoms with Crippen LogP contribution in [0, 0.1) is 191 Å². The number of ketones is 1. The molecule has 34 rings (SSSR count). The second-order valence-electron chi connectivity index (χ2n) is 55.8. The third-order valence-corrected chi connectivity index (χ3v) is 43.6. The number of benzene rings is 6. The second kappa shape index (κ2) is 42.8. The van der Waals surface area contributed by atoms with E-state index in [4.69, 9.17) is 34.2 Å². The predicted octanol–water partition coefficient (Wildman–Crippen LogP) is 28.1. The van der Waals surface area contributed by atoms with E-state index in [9.17, 15) is 34.7 Å². The molecule has 28 saturated carbocycles. The van der Waals surface area contributed by atoms with Gasteiger partial charge in [0, 0.05) is 59.7 Å². The number of alkyl carbamates (subject to hydrolysis) is 3. The Morgan fingerprint density at radius 1 is 0.329 bits per heavy atom. The summed E-state index contributed by atoms with van der Waals surface area (Å²) in [5.74, 6) is 24.9. The van der Waals surface area contributed by atoms with Crippen LogP contribution in [0.4, 0.5) is 14.4 Å². The van der Waals surface area contributed by atoms with Gasteiger partial charge in [0.15, 0.2) is 0 Å². The van der Waals surface area contributed by atoms with Crippen molar-refractivity contribution in [3.63, 3.8) is 0 Å². The first-order valence-corrected chi connectivity index (χ1v) is 59.0. The molecule has 0 aliphatic heterocycles. The zero-order valence-corrected chi connectivity index (χ0v) is 93.3. The van der Waals surface area contributed by atoms with Crippen LogP contribution in [0.5, 0.6) is 23.0 Å². The maximum atomic E-state index is 12.4. The molecule has 7 N–H and O–H groups in total. The van der Waals surface area contributed by atoms with Crippen molar-refractivity contribution in [2.45, 2.75) is 350 Å². The van der Waals surface area contributed by atoms with Crippen molar-refractivity contribution in [1.82, 2.24) is 16.0 Å². The van der Waals surface area contributed by atoms with Crippen molar-refractivity contribution >= 4 is 36.5 Å². The molecule has 0 radical (unpaired) electrons. The quantitative estimate of drug-likeness (QED) is 0.0493. The minimum Gasteiger partial charge on any atom is -0.508 e. The zero-order valence-electron chi connectivity index (χ0n) is 92.5. The molecule has 0 atom stereocenters. The van der Waals surface area contributed by atoms with E-state index < -0.39 is 22.4 Å². The van der Waals surface area contributed by atoms with E-state index in [0.29, 0.717) is 108 Å². The van der Waals surface area contributed by atoms with Crippen LogP contribution in [0.2, 0.25) is 0 Å². The number of amides is 3. The maximum absolute atomic E-state index is 12.4. The SMILES string of the molecule is CC(C)(C)OC(=O)NCC1(c2cccc(O)c2)C2CC3CC(C2)CC1C3.COc1cccc(C2(C#N)C3CC4CC(C3)CC2C4)c1.COc1cccc(C2(CNC(=O)OC(C)(C)C)C3CC4CC(C3)CC2C4)c1.COc1cccc(C2(O)C3CC4CC(C3)CC2C4)c1.Cc1cccc(C2(CN)C3CC4CC(C3)CC2C4)c1.Cc1cccc(C2(CNC(=O)OC(C)(C)C)C3CC4CC(C3)CC2C4)c1.Cl.O=C1C2CC3CC(C2)CC1C3. The summed E-state index contributed by atoms with van der Waals surface area (Å²) in [6.45, 7) is 24.4. The fraction of sp³-hybridized carbons (Fsp3) is 0.687. The smallest absolute Gasteiger partial charge is 0.407 e. The molecule has 0 heterocycles. The van der Waals surface area contributed by atoms with E-state index in [1.165, 1.54) is 258 Å². The zero-order chi connectivity index (χ0) is 104. The Hall–Kier alpha value is -8.30. The van der Waals surface area contributed by atoms with Gasteiger partial charge in [0.2, 0.25) is 0 Å². The third kappa shape index (κ3) is 21.3. The summed E-state index contributed by atoms with van der Waals surface area (Å²) in [5.41, 5.74) is 14.9. The summed E-state index contributed by atoms with van der Waals surface area (Å²) in [4.78, 5) is 48.8. The molecular weight excluding hydrogens is 1870 g/mol. The number of rotatable bonds is 16. The Bertz CT molecular complexity index is 5450. The molecule has 0 spiro atoms. The van der Waals surface area contributed by atoms with Gasteiger partial charge in [-0.1, -0.05) is 108 Å². The summed E-state index contributed by atoms with van der Waals surface area (Å²) in [7, 11) is 5.12. The number of hydrogen-bond donors (Lipinski definition) is 6. The number of phenolic OH excluding ortho intramolecular Hbond substituents is 1. The number of aromatic hydroxyl groups is 1. The Kier molecular flexibility index (Phi) is 30.9. The van der Waals surface area contributed by atoms with Gasteiger partial charge in [-0.3, -0.25) is 4.79 Å². The first kappa shape index (κ1) is 108. The van der Waals surface area contributed by atoms with E-state index in [0.717, 1.165) is 124 Å². The summed E-state index contributed by atoms with van der Waals surface area (Å²) in [6.07, 6.45) is 45.3. The number of carbonyl (C=O) groups excluding carboxylic acids is 4. The van der Waals surface area contributed by atoms with Gasteiger partial charge in [-0.05, 0) is 537 Å². The minimum absolute atomic E-state index is 0. The van der Waals surface area contributed by atoms with Crippen molar-refractivity contribution in [2.24, 2.45) is 171 Å². The van der Waals surface area contributed by atoms with Crippen LogP contribution in [0.1, 0.15) is 332 Å². The number of nitriles is 1. The van der Waals surface area contributed by atoms with Crippen molar-refractivity contribution < 1.29 is 57.8 Å². The lowest BCUT2D eigenvalue weighted by Crippen LogP contribution is -2.60. The standard InChI is InChI=1S/C23H33NO3.C23H33NO2.C22H31NO3.C18H21NO.C18H25N.C17H22O2.C10H14O.ClH/c1-22(2,3)27-21(25)24-14-23(17-6-5-7-20(13-17)26-4)18-9-15-8-16(11-18)12-19(23)10-15;1-15-6-5-7-18(8-15)23(14-24-21(25)26-22(2,3)4)19-10-16-9-17(12-19)13-20(23)11-16;1-21(2,3)26-20(25)23-13-22(16-5-4-6-19(24)12-16)17-8-14-7-15(10-17)11-18(22)9-14;1-20-17-4-2-3-14(10-17)18(11-19)15-6-12-5-13(8-15)9-16(18)7-12;1-12-3-2-4-15(5-12)18(11-19)16-7-13-6-14(9-16)10-17(18)8-13;1-19-16-4-2-3-13(10-16)17(18)14-6-11-5-12(8-14)9-15(17)7-11;11-10-8-2-6-1-7(4-8)5-9(10)3-6;/h5-7,13,15-16,18-19H,8-12,14H2,1-4H3,(H,24,25);5-8,16-17,19-20H,9-14H2,1-4H3,(H,24,25);4-6,12,14-15,17-18,24H,7-11,13H2,1-3H3,(H,23,25);2-4,10,12-13,15-16H,5-9H2,1H3;2-5,13-14,16-17H,6-11,19H2,1H3;2-4,10-12,14-15,18H,5-9H2,1H3;6-9H,1-5H2;1H. The number of halogens is 1. The topological polar surface area (TPSA) is 250 Å². The Morgan fingerprint density at radius 2 is 0.564 bits per heavy atom. The van der Waals surface area contributed by atoms with E-state index in [1.54, 1.807) is 33.0 Å². The lowest BCUT2D eigenvalue weighted by atomic mass is 9.43. The molecule has 28 fully saturated rings. The number of aliphatic hydroxyl groups is 1. The van der Waals surface area contributed by atoms with E-state index >= 15 is 0 Å². The van der Waals surface area contributed by atoms with Crippen molar-refractivity contribution in [3.05, 3.63) is 190 Å². The molecule has 808 valence electrons. The highest BCUT2D eigenvalue weighted by atomic mass is 35.5. The number of nitrogens with zero attached hydrogens (tertiary/aromatic N) is 1. The lowest BCUT2D eigenvalue weighted by molar-refractivity contribution is -0.179. The molecule has 6 aromatic rings. The van der Waals surface area contributed by atoms with Crippen LogP contribution in [0.15, 0.2) is 146 Å². The summed E-state index contributed by atoms with van der Waals surface area (Å²) >= 11 is 0. The molecule has 0 aromatic heterocycles. The number of nitrogens with two attached hydrogens (primary N) is 1. The Labute approximate surface area is 898 Å². The number of ether oxygens (including phenoxy) is 6. The average molecular weight is 2050 g/mol. The van der Waals surface area contributed by atoms with E-state index in [1.807, 2.05) is 111 Å². The minimum atomic E-state index is -0.595. The van der Waals surface area contributed by atoms with Gasteiger partial charge in [-0.25, -0.2) is 14.4 Å². The molecule has 28 bridgehead atoms. The number of hydrogen-bond acceptors (Lipinski definition) is 14. The molecule has 0 unspecified atom stereocenters. The summed E-state index contributed by atoms with van der Waals surface area (Å²) < 4.78 is 32.8. The van der Waals surface area contributed by atoms with Gasteiger partial charge < -0.3 is 60.3 Å². The van der Waals surface area contributed by atoms with Gasteiger partial charge in [-0.2, -0.15) is 5.26 Å². The Morgan fingerprint density at radius 3 is 0.846 bits per heavy atom. The van der Waals surface area contributed by atoms with Gasteiger partial charge in [0.05, 0.1) is 38.4 Å². The molecule has 6 aromatic carbocycles. The first-order chi connectivity index (χ1) is 70.8. The highest BCUT2D eigenvalue weighted by Gasteiger charge is 2.65. The van der Waals surface area contributed by atoms with E-state index in [-0.39, 0.29) is 52.3 Å². The second-order valence-corrected chi connectivity index (χ2v) is 55.8. The maximum Gasteiger partial charge on any atom is 0.407 e. The van der Waals surface area contributed by atoms with Crippen molar-refractivity contribution in [3.8, 4) is 29.1 Å². The number of phenols is 1. The number of nitrogens with one attached hydrogen (secondary N) is 3. The number of carbonyl (C=O) groups is 4. The highest BCUT2D eigenvalue weighted by Crippen LogP contribution is 2.70. The normalized spacial score (nSPS) is 39.2. The van der Waals surface area contributed by atoms with Crippen molar-refractivity contribution in [2.75, 3.05) is 47.5 Å². The summed E-state index contributed by atoms with van der Waals surface area (Å²) in [5, 5.41) is 41.0. The monoisotopic (exact) mass is 2050 g/mol. The lowest BCUT2D eigenvalue weighted by Gasteiger charge is -2.61. The molecule has 3 amide bonds. The molecule has 18 heteroatoms. The van der Waals surface area contributed by atoms with Gasteiger partial charge in [0.25, 0.3) is 0 Å². The molecule has 0 saturated heterocycles. The van der Waals surface area contributed by atoms with Crippen LogP contribution >= 0.6 is 12.4 Å². The molecule has 28 aliphatic rings. The molecule has 149 heavy (non-hydrogen) atoms. The van der Waals surface area contributed by atoms with Crippen LogP contribution in [0.25, 0.3) is 0 Å². The largest absolute Gasteiger partial charge is 0.508 e. The van der Waals surface area contributed by atoms with Crippen LogP contribution in [-0.2, 0) is 51.7 Å². The van der Waals surface area contributed by atoms with Crippen LogP contribution in [-0.4, -0.2) is 98.6 Å². The fourth-order valence-electron chi connectivity index (χ4n) is 39.2. The Balaban J connectivity index is 0.000000106. The van der Waals surface area contributed by atoms with Crippen LogP contribution in [0.3, 0.4) is 0 Å². The predicted molar refractivity (Wildman–Crippen MR) is 591 cm³/mol. The number of Topliss-reactive ketones (excluding diaryl/α,β-unsaturated/α-hetero) is 1. The number of methoxy groups -OCH3 is 3. The molecule has 17 nitrogen and oxygen atoms in total. The summed E-state index contributed by atoms with van der Waals surface area (Å²) in [6, 6.07) is 53.6. The first-order valence-electron chi connectivity index (χ1n) is 59.0. The number of aryl methyl sites for hydroxylation is 2. The van der Waals surface area contributed by atoms with Gasteiger partial charge in [-0.15, -0.1) is 12.4 Å². The van der Waals surface area contributed by atoms with Gasteiger partial charge in [0.1, 0.15) is 45.6 Å². The average Bonchev–Trinajstić information content (AvgIpc) is 0.515. The molecular formula is C131H180ClN5O12.